The summed E-state index contributed by atoms with van der Waals surface area (Å²) < 4.78 is 0. The highest BCUT2D eigenvalue weighted by molar-refractivity contribution is 7.18. The first-order valence-electron chi connectivity index (χ1n) is 6.97. The first kappa shape index (κ1) is 17.2. The number of hydrogen-bond donors (Lipinski definition) is 3. The van der Waals surface area contributed by atoms with Crippen molar-refractivity contribution < 1.29 is 9.59 Å². The van der Waals surface area contributed by atoms with Crippen LogP contribution in [0.15, 0.2) is 0 Å². The zero-order valence-corrected chi connectivity index (χ0v) is 13.7. The van der Waals surface area contributed by atoms with Crippen LogP contribution in [0.5, 0.6) is 0 Å². The molecule has 0 aliphatic heterocycles. The third-order valence-electron chi connectivity index (χ3n) is 2.64. The van der Waals surface area contributed by atoms with Crippen molar-refractivity contribution in [2.45, 2.75) is 33.7 Å². The predicted octanol–water partition coefficient (Wildman–Crippen LogP) is 1.14. The number of nitrogens with one attached hydrogen (secondary N) is 2. The number of anilines is 2. The van der Waals surface area contributed by atoms with Gasteiger partial charge in [0.25, 0.3) is 5.91 Å². The van der Waals surface area contributed by atoms with E-state index in [4.69, 9.17) is 5.73 Å². The second-order valence-corrected chi connectivity index (χ2v) is 5.80. The minimum absolute atomic E-state index is 0.0213. The Morgan fingerprint density at radius 2 is 2.05 bits per heavy atom. The fraction of sp³-hybridized carbons (Fsp3) is 0.615. The molecule has 7 nitrogen and oxygen atoms in total. The van der Waals surface area contributed by atoms with Crippen LogP contribution in [0.25, 0.3) is 0 Å². The third-order valence-corrected chi connectivity index (χ3v) is 3.63. The molecule has 0 aliphatic carbocycles. The van der Waals surface area contributed by atoms with Gasteiger partial charge >= 0.3 is 0 Å². The van der Waals surface area contributed by atoms with Crippen LogP contribution in [-0.4, -0.2) is 47.4 Å². The number of rotatable bonds is 7. The maximum atomic E-state index is 12.4. The van der Waals surface area contributed by atoms with Gasteiger partial charge in [0.2, 0.25) is 5.91 Å². The molecular formula is C13H23N5O2S. The highest BCUT2D eigenvalue weighted by Crippen LogP contribution is 2.26. The lowest BCUT2D eigenvalue weighted by molar-refractivity contribution is -0.121. The SMILES string of the molecule is CCNC(=O)CN(CC)C(=O)c1sc(NC(C)C)nc1N. The highest BCUT2D eigenvalue weighted by atomic mass is 32.1. The molecule has 0 radical (unpaired) electrons. The fourth-order valence-electron chi connectivity index (χ4n) is 1.69. The Kier molecular flexibility index (Phi) is 6.41. The molecule has 0 unspecified atom stereocenters. The van der Waals surface area contributed by atoms with Crippen LogP contribution >= 0.6 is 11.3 Å². The van der Waals surface area contributed by atoms with Gasteiger partial charge in [-0.05, 0) is 27.7 Å². The number of amides is 2. The van der Waals surface area contributed by atoms with Gasteiger partial charge in [0.05, 0.1) is 6.54 Å². The Morgan fingerprint density at radius 3 is 2.57 bits per heavy atom. The lowest BCUT2D eigenvalue weighted by Gasteiger charge is -2.19. The van der Waals surface area contributed by atoms with Crippen LogP contribution in [0.3, 0.4) is 0 Å². The lowest BCUT2D eigenvalue weighted by atomic mass is 10.3. The van der Waals surface area contributed by atoms with Crippen molar-refractivity contribution in [3.8, 4) is 0 Å². The summed E-state index contributed by atoms with van der Waals surface area (Å²) in [6, 6.07) is 0.205. The van der Waals surface area contributed by atoms with Gasteiger partial charge in [-0.1, -0.05) is 11.3 Å². The monoisotopic (exact) mass is 313 g/mol. The van der Waals surface area contributed by atoms with Crippen molar-refractivity contribution in [1.82, 2.24) is 15.2 Å². The molecule has 1 aromatic heterocycles. The number of carbonyl (C=O) groups is 2. The van der Waals surface area contributed by atoms with Crippen LogP contribution in [-0.2, 0) is 4.79 Å². The van der Waals surface area contributed by atoms with Gasteiger partial charge in [0.1, 0.15) is 10.7 Å². The Morgan fingerprint density at radius 1 is 1.38 bits per heavy atom. The summed E-state index contributed by atoms with van der Waals surface area (Å²) in [5.74, 6) is -0.255. The fourth-order valence-corrected chi connectivity index (χ4v) is 2.69. The average Bonchev–Trinajstić information content (AvgIpc) is 2.75. The molecule has 118 valence electrons. The summed E-state index contributed by atoms with van der Waals surface area (Å²) in [4.78, 5) is 30.0. The number of nitrogen functional groups attached to an aromatic ring is 1. The van der Waals surface area contributed by atoms with Crippen LogP contribution in [0.2, 0.25) is 0 Å². The van der Waals surface area contributed by atoms with Crippen molar-refractivity contribution in [3.05, 3.63) is 4.88 Å². The molecule has 1 aromatic rings. The third kappa shape index (κ3) is 4.89. The molecule has 1 heterocycles. The smallest absolute Gasteiger partial charge is 0.268 e. The van der Waals surface area contributed by atoms with Crippen LogP contribution in [0.1, 0.15) is 37.4 Å². The average molecular weight is 313 g/mol. The zero-order chi connectivity index (χ0) is 16.0. The van der Waals surface area contributed by atoms with Gasteiger partial charge in [0.15, 0.2) is 5.13 Å². The number of nitrogens with two attached hydrogens (primary N) is 1. The van der Waals surface area contributed by atoms with Crippen LogP contribution in [0, 0.1) is 0 Å². The summed E-state index contributed by atoms with van der Waals surface area (Å²) in [5, 5.41) is 6.40. The van der Waals surface area contributed by atoms with Gasteiger partial charge in [-0.15, -0.1) is 0 Å². The number of thiazole rings is 1. The first-order chi connectivity index (χ1) is 9.88. The van der Waals surface area contributed by atoms with E-state index in [9.17, 15) is 9.59 Å². The Labute approximate surface area is 128 Å². The highest BCUT2D eigenvalue weighted by Gasteiger charge is 2.23. The molecule has 0 fully saturated rings. The maximum Gasteiger partial charge on any atom is 0.268 e. The Balaban J connectivity index is 2.84. The van der Waals surface area contributed by atoms with E-state index in [-0.39, 0.29) is 30.2 Å². The molecule has 8 heteroatoms. The molecular weight excluding hydrogens is 290 g/mol. The molecule has 0 saturated carbocycles. The quantitative estimate of drug-likeness (QED) is 0.701. The first-order valence-corrected chi connectivity index (χ1v) is 7.79. The summed E-state index contributed by atoms with van der Waals surface area (Å²) in [7, 11) is 0. The van der Waals surface area contributed by atoms with E-state index >= 15 is 0 Å². The molecule has 0 spiro atoms. The van der Waals surface area contributed by atoms with Gasteiger partial charge in [-0.3, -0.25) is 9.59 Å². The minimum Gasteiger partial charge on any atom is -0.382 e. The second-order valence-electron chi connectivity index (χ2n) is 4.81. The summed E-state index contributed by atoms with van der Waals surface area (Å²) in [6.45, 7) is 8.60. The predicted molar refractivity (Wildman–Crippen MR) is 85.5 cm³/mol. The Hall–Kier alpha value is -1.83. The van der Waals surface area contributed by atoms with Gasteiger partial charge in [-0.25, -0.2) is 4.98 Å². The second kappa shape index (κ2) is 7.82. The van der Waals surface area contributed by atoms with Crippen molar-refractivity contribution in [2.24, 2.45) is 0 Å². The topological polar surface area (TPSA) is 100 Å². The van der Waals surface area contributed by atoms with E-state index in [1.165, 1.54) is 16.2 Å². The lowest BCUT2D eigenvalue weighted by Crippen LogP contribution is -2.40. The molecule has 0 bridgehead atoms. The molecule has 21 heavy (non-hydrogen) atoms. The molecule has 2 amide bonds. The number of nitrogens with zero attached hydrogens (tertiary/aromatic N) is 2. The standard InChI is InChI=1S/C13H23N5O2S/c1-5-15-9(19)7-18(6-2)12(20)10-11(14)17-13(21-10)16-8(3)4/h8H,5-7,14H2,1-4H3,(H,15,19)(H,16,17). The largest absolute Gasteiger partial charge is 0.382 e. The molecule has 0 aliphatic rings. The van der Waals surface area contributed by atoms with Crippen molar-refractivity contribution in [3.63, 3.8) is 0 Å². The van der Waals surface area contributed by atoms with Gasteiger partial charge < -0.3 is 21.3 Å². The van der Waals surface area contributed by atoms with Crippen LogP contribution in [0.4, 0.5) is 10.9 Å². The summed E-state index contributed by atoms with van der Waals surface area (Å²) in [5.41, 5.74) is 5.81. The van der Waals surface area contributed by atoms with Gasteiger partial charge in [0, 0.05) is 19.1 Å². The van der Waals surface area contributed by atoms with E-state index < -0.39 is 0 Å². The molecule has 0 saturated heterocycles. The molecule has 0 aromatic carbocycles. The van der Waals surface area contributed by atoms with Gasteiger partial charge in [-0.2, -0.15) is 0 Å². The van der Waals surface area contributed by atoms with Crippen molar-refractivity contribution >= 4 is 34.1 Å². The summed E-state index contributed by atoms with van der Waals surface area (Å²) in [6.07, 6.45) is 0. The molecule has 0 atom stereocenters. The van der Waals surface area contributed by atoms with Crippen molar-refractivity contribution in [2.75, 3.05) is 30.7 Å². The van der Waals surface area contributed by atoms with E-state index in [1.807, 2.05) is 27.7 Å². The minimum atomic E-state index is -0.268. The number of hydrogen-bond acceptors (Lipinski definition) is 6. The van der Waals surface area contributed by atoms with E-state index in [1.54, 1.807) is 0 Å². The normalized spacial score (nSPS) is 10.5. The van der Waals surface area contributed by atoms with Crippen molar-refractivity contribution in [1.29, 1.82) is 0 Å². The Bertz CT molecular complexity index is 501. The maximum absolute atomic E-state index is 12.4. The molecule has 4 N–H and O–H groups in total. The number of carbonyl (C=O) groups excluding carboxylic acids is 2. The summed E-state index contributed by atoms with van der Waals surface area (Å²) >= 11 is 1.21. The number of aromatic nitrogens is 1. The van der Waals surface area contributed by atoms with Crippen LogP contribution < -0.4 is 16.4 Å². The van der Waals surface area contributed by atoms with E-state index in [2.05, 4.69) is 15.6 Å². The zero-order valence-electron chi connectivity index (χ0n) is 12.9. The van der Waals surface area contributed by atoms with E-state index in [0.29, 0.717) is 23.1 Å². The number of likely N-dealkylation sites (N-methyl/N-ethyl adjacent to an activating group) is 2. The molecule has 1 rings (SSSR count). The van der Waals surface area contributed by atoms with E-state index in [0.717, 1.165) is 0 Å².